The minimum Gasteiger partial charge on any atom is -0.480 e. The van der Waals surface area contributed by atoms with E-state index in [2.05, 4.69) is 26.2 Å². The fraction of sp³-hybridized carbons (Fsp3) is 0.444. The number of aliphatic carboxylic acids is 1. The first-order valence-corrected chi connectivity index (χ1v) is 6.53. The van der Waals surface area contributed by atoms with Crippen molar-refractivity contribution in [3.05, 3.63) is 9.98 Å². The van der Waals surface area contributed by atoms with Gasteiger partial charge in [-0.2, -0.15) is 0 Å². The van der Waals surface area contributed by atoms with E-state index in [0.717, 1.165) is 3.79 Å². The van der Waals surface area contributed by atoms with Crippen LogP contribution in [-0.4, -0.2) is 40.1 Å². The molecule has 0 aliphatic carbocycles. The molecule has 0 aliphatic heterocycles. The quantitative estimate of drug-likeness (QED) is 0.871. The van der Waals surface area contributed by atoms with Gasteiger partial charge in [-0.15, -0.1) is 0 Å². The summed E-state index contributed by atoms with van der Waals surface area (Å²) in [6.07, 6.45) is 2.27. The molecule has 0 fully saturated rings. The van der Waals surface area contributed by atoms with E-state index in [0.29, 0.717) is 18.1 Å². The second-order valence-electron chi connectivity index (χ2n) is 3.21. The first-order valence-electron chi connectivity index (χ1n) is 4.92. The van der Waals surface area contributed by atoms with Gasteiger partial charge in [-0.3, -0.25) is 10.1 Å². The van der Waals surface area contributed by atoms with Crippen LogP contribution in [0, 0.1) is 0 Å². The molecule has 0 saturated carbocycles. The van der Waals surface area contributed by atoms with Crippen molar-refractivity contribution in [3.8, 4) is 0 Å². The standard InChI is InChI=1S/C9H12BrN3O3S/c1-2-3-13(5-7(14)15)9(16)12-8-11-4-6(10)17-8/h4H,2-3,5H2,1H3,(H,14,15)(H,11,12,16). The lowest BCUT2D eigenvalue weighted by atomic mass is 10.4. The molecule has 0 radical (unpaired) electrons. The molecule has 0 spiro atoms. The molecule has 6 nitrogen and oxygen atoms in total. The van der Waals surface area contributed by atoms with Crippen LogP contribution >= 0.6 is 27.3 Å². The minimum atomic E-state index is -1.03. The summed E-state index contributed by atoms with van der Waals surface area (Å²) in [5.74, 6) is -1.03. The summed E-state index contributed by atoms with van der Waals surface area (Å²) >= 11 is 4.50. The molecule has 1 aromatic heterocycles. The third-order valence-electron chi connectivity index (χ3n) is 1.80. The van der Waals surface area contributed by atoms with Gasteiger partial charge in [0.2, 0.25) is 0 Å². The van der Waals surface area contributed by atoms with Gasteiger partial charge < -0.3 is 10.0 Å². The van der Waals surface area contributed by atoms with Gasteiger partial charge in [0, 0.05) is 6.54 Å². The molecule has 0 atom stereocenters. The smallest absolute Gasteiger partial charge is 0.324 e. The van der Waals surface area contributed by atoms with Crippen LogP contribution in [0.2, 0.25) is 0 Å². The predicted octanol–water partition coefficient (Wildman–Crippen LogP) is 2.23. The molecular formula is C9H12BrN3O3S. The van der Waals surface area contributed by atoms with Gasteiger partial charge >= 0.3 is 12.0 Å². The Hall–Kier alpha value is -1.15. The summed E-state index contributed by atoms with van der Waals surface area (Å²) in [6.45, 7) is 1.96. The van der Waals surface area contributed by atoms with Gasteiger partial charge in [0.25, 0.3) is 0 Å². The van der Waals surface area contributed by atoms with Crippen LogP contribution in [0.25, 0.3) is 0 Å². The minimum absolute atomic E-state index is 0.313. The Morgan fingerprint density at radius 3 is 2.82 bits per heavy atom. The second-order valence-corrected chi connectivity index (χ2v) is 5.62. The Morgan fingerprint density at radius 1 is 1.65 bits per heavy atom. The first-order chi connectivity index (χ1) is 8.02. The van der Waals surface area contributed by atoms with Crippen LogP contribution in [-0.2, 0) is 4.79 Å². The maximum Gasteiger partial charge on any atom is 0.324 e. The highest BCUT2D eigenvalue weighted by atomic mass is 79.9. The van der Waals surface area contributed by atoms with E-state index >= 15 is 0 Å². The zero-order valence-electron chi connectivity index (χ0n) is 9.14. The van der Waals surface area contributed by atoms with Crippen molar-refractivity contribution in [1.29, 1.82) is 0 Å². The maximum absolute atomic E-state index is 11.8. The molecule has 1 aromatic rings. The van der Waals surface area contributed by atoms with E-state index in [4.69, 9.17) is 5.11 Å². The summed E-state index contributed by atoms with van der Waals surface area (Å²) in [4.78, 5) is 27.5. The number of amides is 2. The van der Waals surface area contributed by atoms with E-state index in [1.807, 2.05) is 6.92 Å². The Kier molecular flexibility index (Phi) is 5.36. The van der Waals surface area contributed by atoms with Gasteiger partial charge in [-0.05, 0) is 22.4 Å². The highest BCUT2D eigenvalue weighted by Crippen LogP contribution is 2.23. The maximum atomic E-state index is 11.8. The number of anilines is 1. The Morgan fingerprint density at radius 2 is 2.35 bits per heavy atom. The molecule has 2 amide bonds. The first kappa shape index (κ1) is 13.9. The SMILES string of the molecule is CCCN(CC(=O)O)C(=O)Nc1ncc(Br)s1. The van der Waals surface area contributed by atoms with E-state index in [1.165, 1.54) is 16.2 Å². The monoisotopic (exact) mass is 321 g/mol. The molecule has 0 unspecified atom stereocenters. The number of carbonyl (C=O) groups is 2. The normalized spacial score (nSPS) is 10.0. The number of nitrogens with zero attached hydrogens (tertiary/aromatic N) is 2. The lowest BCUT2D eigenvalue weighted by molar-refractivity contribution is -0.137. The van der Waals surface area contributed by atoms with Crippen LogP contribution in [0.1, 0.15) is 13.3 Å². The average Bonchev–Trinajstić information content (AvgIpc) is 2.62. The average molecular weight is 322 g/mol. The van der Waals surface area contributed by atoms with E-state index < -0.39 is 12.0 Å². The van der Waals surface area contributed by atoms with Crippen molar-refractivity contribution in [2.75, 3.05) is 18.4 Å². The van der Waals surface area contributed by atoms with Crippen molar-refractivity contribution in [2.45, 2.75) is 13.3 Å². The van der Waals surface area contributed by atoms with Crippen molar-refractivity contribution < 1.29 is 14.7 Å². The van der Waals surface area contributed by atoms with Crippen molar-refractivity contribution >= 4 is 44.4 Å². The molecule has 94 valence electrons. The van der Waals surface area contributed by atoms with Crippen LogP contribution in [0.5, 0.6) is 0 Å². The zero-order valence-corrected chi connectivity index (χ0v) is 11.5. The summed E-state index contributed by atoms with van der Waals surface area (Å²) in [7, 11) is 0. The third-order valence-corrected chi connectivity index (χ3v) is 3.19. The van der Waals surface area contributed by atoms with Gasteiger partial charge in [-0.1, -0.05) is 18.3 Å². The van der Waals surface area contributed by atoms with Crippen molar-refractivity contribution in [3.63, 3.8) is 0 Å². The number of aromatic nitrogens is 1. The van der Waals surface area contributed by atoms with Gasteiger partial charge in [0.1, 0.15) is 6.54 Å². The van der Waals surface area contributed by atoms with Crippen LogP contribution in [0.3, 0.4) is 0 Å². The highest BCUT2D eigenvalue weighted by molar-refractivity contribution is 9.11. The molecule has 1 rings (SSSR count). The van der Waals surface area contributed by atoms with E-state index in [1.54, 1.807) is 6.20 Å². The molecule has 1 heterocycles. The summed E-state index contributed by atoms with van der Waals surface area (Å²) in [6, 6.07) is -0.448. The Labute approximate surface area is 111 Å². The number of nitrogens with one attached hydrogen (secondary N) is 1. The second kappa shape index (κ2) is 6.55. The lowest BCUT2D eigenvalue weighted by Crippen LogP contribution is -2.39. The molecule has 8 heteroatoms. The number of carboxylic acids is 1. The van der Waals surface area contributed by atoms with Gasteiger partial charge in [-0.25, -0.2) is 9.78 Å². The zero-order chi connectivity index (χ0) is 12.8. The molecular weight excluding hydrogens is 310 g/mol. The predicted molar refractivity (Wildman–Crippen MR) is 68.3 cm³/mol. The fourth-order valence-electron chi connectivity index (χ4n) is 1.17. The number of halogens is 1. The number of carbonyl (C=O) groups excluding carboxylic acids is 1. The largest absolute Gasteiger partial charge is 0.480 e. The summed E-state index contributed by atoms with van der Waals surface area (Å²) in [5, 5.41) is 11.7. The molecule has 0 aromatic carbocycles. The number of thiazole rings is 1. The van der Waals surface area contributed by atoms with Crippen LogP contribution < -0.4 is 5.32 Å². The Bertz CT molecular complexity index is 410. The van der Waals surface area contributed by atoms with Gasteiger partial charge in [0.15, 0.2) is 5.13 Å². The molecule has 0 saturated heterocycles. The van der Waals surface area contributed by atoms with E-state index in [9.17, 15) is 9.59 Å². The molecule has 17 heavy (non-hydrogen) atoms. The van der Waals surface area contributed by atoms with Crippen LogP contribution in [0.15, 0.2) is 9.98 Å². The number of hydrogen-bond donors (Lipinski definition) is 2. The van der Waals surface area contributed by atoms with Crippen molar-refractivity contribution in [2.24, 2.45) is 0 Å². The number of urea groups is 1. The third kappa shape index (κ3) is 4.70. The molecule has 0 bridgehead atoms. The topological polar surface area (TPSA) is 82.5 Å². The molecule has 0 aliphatic rings. The van der Waals surface area contributed by atoms with Crippen LogP contribution in [0.4, 0.5) is 9.93 Å². The van der Waals surface area contributed by atoms with Crippen molar-refractivity contribution in [1.82, 2.24) is 9.88 Å². The number of carboxylic acid groups (broad SMARTS) is 1. The number of rotatable bonds is 5. The molecule has 2 N–H and O–H groups in total. The van der Waals surface area contributed by atoms with E-state index in [-0.39, 0.29) is 6.54 Å². The fourth-order valence-corrected chi connectivity index (χ4v) is 2.26. The highest BCUT2D eigenvalue weighted by Gasteiger charge is 2.16. The number of hydrogen-bond acceptors (Lipinski definition) is 4. The van der Waals surface area contributed by atoms with Gasteiger partial charge in [0.05, 0.1) is 9.98 Å². The summed E-state index contributed by atoms with van der Waals surface area (Å²) < 4.78 is 0.799. The Balaban J connectivity index is 2.61. The lowest BCUT2D eigenvalue weighted by Gasteiger charge is -2.19. The summed E-state index contributed by atoms with van der Waals surface area (Å²) in [5.41, 5.74) is 0.